The van der Waals surface area contributed by atoms with Crippen molar-refractivity contribution in [2.75, 3.05) is 11.4 Å². The van der Waals surface area contributed by atoms with Gasteiger partial charge in [0.1, 0.15) is 0 Å². The molecule has 0 aromatic carbocycles. The van der Waals surface area contributed by atoms with E-state index < -0.39 is 0 Å². The maximum absolute atomic E-state index is 4.60. The van der Waals surface area contributed by atoms with Crippen molar-refractivity contribution in [1.82, 2.24) is 25.3 Å². The first kappa shape index (κ1) is 12.8. The van der Waals surface area contributed by atoms with Crippen LogP contribution < -0.4 is 4.90 Å². The van der Waals surface area contributed by atoms with Crippen LogP contribution in [0.3, 0.4) is 0 Å². The van der Waals surface area contributed by atoms with Crippen LogP contribution in [0, 0.1) is 17.8 Å². The molecular weight excluding hydrogens is 276 g/mol. The molecular formula is C16H22N6. The van der Waals surface area contributed by atoms with Gasteiger partial charge in [-0.05, 0) is 78.8 Å². The topological polar surface area (TPSA) is 59.2 Å². The lowest BCUT2D eigenvalue weighted by atomic mass is 9.84. The van der Waals surface area contributed by atoms with Gasteiger partial charge in [-0.1, -0.05) is 6.42 Å². The Kier molecular flexibility index (Phi) is 2.85. The Hall–Kier alpha value is -1.72. The molecule has 0 unspecified atom stereocenters. The normalized spacial score (nSPS) is 34.1. The minimum absolute atomic E-state index is 0.658. The maximum Gasteiger partial charge on any atom is 0.200 e. The predicted molar refractivity (Wildman–Crippen MR) is 82.5 cm³/mol. The molecule has 2 bridgehead atoms. The smallest absolute Gasteiger partial charge is 0.200 e. The van der Waals surface area contributed by atoms with Crippen LogP contribution in [0.4, 0.5) is 5.82 Å². The Bertz CT molecular complexity index is 682. The third-order valence-electron chi connectivity index (χ3n) is 6.19. The monoisotopic (exact) mass is 298 g/mol. The van der Waals surface area contributed by atoms with Crippen LogP contribution in [0.2, 0.25) is 0 Å². The van der Waals surface area contributed by atoms with E-state index in [9.17, 15) is 0 Å². The molecule has 0 N–H and O–H groups in total. The van der Waals surface area contributed by atoms with Crippen molar-refractivity contribution >= 4 is 11.5 Å². The summed E-state index contributed by atoms with van der Waals surface area (Å²) in [4.78, 5) is 2.49. The van der Waals surface area contributed by atoms with Crippen molar-refractivity contribution < 1.29 is 0 Å². The fourth-order valence-electron chi connectivity index (χ4n) is 5.19. The highest BCUT2D eigenvalue weighted by molar-refractivity contribution is 5.45. The van der Waals surface area contributed by atoms with Crippen LogP contribution in [0.5, 0.6) is 0 Å². The van der Waals surface area contributed by atoms with E-state index in [1.54, 1.807) is 4.63 Å². The minimum Gasteiger partial charge on any atom is -0.352 e. The molecule has 0 spiro atoms. The molecule has 1 aliphatic heterocycles. The first-order valence-electron chi connectivity index (χ1n) is 8.69. The number of anilines is 1. The summed E-state index contributed by atoms with van der Waals surface area (Å²) in [5.74, 6) is 4.05. The van der Waals surface area contributed by atoms with Crippen molar-refractivity contribution in [3.8, 4) is 0 Å². The summed E-state index contributed by atoms with van der Waals surface area (Å²) in [5.41, 5.74) is 0.715. The zero-order chi connectivity index (χ0) is 14.5. The lowest BCUT2D eigenvalue weighted by Gasteiger charge is -2.30. The molecule has 2 aliphatic carbocycles. The van der Waals surface area contributed by atoms with Gasteiger partial charge < -0.3 is 4.90 Å². The summed E-state index contributed by atoms with van der Waals surface area (Å²) in [6, 6.07) is 4.70. The molecule has 0 amide bonds. The Morgan fingerprint density at radius 2 is 2.14 bits per heavy atom. The Balaban J connectivity index is 1.36. The molecule has 3 fully saturated rings. The molecule has 2 aromatic rings. The van der Waals surface area contributed by atoms with E-state index in [0.717, 1.165) is 30.1 Å². The highest BCUT2D eigenvalue weighted by Gasteiger charge is 2.41. The van der Waals surface area contributed by atoms with Gasteiger partial charge in [0.2, 0.25) is 0 Å². The molecule has 6 nitrogen and oxygen atoms in total. The van der Waals surface area contributed by atoms with Crippen molar-refractivity contribution in [1.29, 1.82) is 0 Å². The Morgan fingerprint density at radius 3 is 3.00 bits per heavy atom. The second kappa shape index (κ2) is 4.89. The number of tetrazole rings is 1. The third kappa shape index (κ3) is 2.00. The van der Waals surface area contributed by atoms with Gasteiger partial charge in [0.05, 0.1) is 0 Å². The number of hydrogen-bond acceptors (Lipinski definition) is 5. The van der Waals surface area contributed by atoms with Gasteiger partial charge in [0, 0.05) is 12.6 Å². The zero-order valence-corrected chi connectivity index (χ0v) is 12.8. The second-order valence-corrected chi connectivity index (χ2v) is 7.38. The summed E-state index contributed by atoms with van der Waals surface area (Å²) >= 11 is 0. The molecule has 4 atom stereocenters. The minimum atomic E-state index is 0.658. The largest absolute Gasteiger partial charge is 0.352 e. The van der Waals surface area contributed by atoms with Gasteiger partial charge >= 0.3 is 0 Å². The Morgan fingerprint density at radius 1 is 1.14 bits per heavy atom. The van der Waals surface area contributed by atoms with Gasteiger partial charge in [-0.2, -0.15) is 0 Å². The number of aromatic nitrogens is 5. The van der Waals surface area contributed by atoms with Crippen LogP contribution in [0.1, 0.15) is 44.9 Å². The van der Waals surface area contributed by atoms with Crippen LogP contribution in [-0.2, 0) is 0 Å². The standard InChI is InChI=1S/C16H22N6/c1-2-14(10-13-9-11-3-4-12(13)8-11)21(7-1)16-6-5-15-17-19-20-22(15)18-16/h5-6,11-14H,1-4,7-10H2/t11-,12-,13+,14+/m0/s1. The summed E-state index contributed by atoms with van der Waals surface area (Å²) in [6.45, 7) is 1.12. The highest BCUT2D eigenvalue weighted by Crippen LogP contribution is 2.50. The molecule has 5 rings (SSSR count). The van der Waals surface area contributed by atoms with Crippen LogP contribution in [-0.4, -0.2) is 37.8 Å². The SMILES string of the molecule is c1cc2nnnn2nc1N1CCC[C@@H]1C[C@H]1C[C@H]2CC[C@H]1C2. The first-order chi connectivity index (χ1) is 10.9. The fraction of sp³-hybridized carbons (Fsp3) is 0.750. The van der Waals surface area contributed by atoms with E-state index >= 15 is 0 Å². The van der Waals surface area contributed by atoms with Crippen LogP contribution in [0.15, 0.2) is 12.1 Å². The molecule has 116 valence electrons. The second-order valence-electron chi connectivity index (χ2n) is 7.38. The molecule has 22 heavy (non-hydrogen) atoms. The number of fused-ring (bicyclic) bond motifs is 3. The summed E-state index contributed by atoms with van der Waals surface area (Å²) in [6.07, 6.45) is 9.91. The van der Waals surface area contributed by atoms with E-state index in [1.807, 2.05) is 6.07 Å². The lowest BCUT2D eigenvalue weighted by molar-refractivity contribution is 0.294. The van der Waals surface area contributed by atoms with Crippen LogP contribution in [0.25, 0.3) is 5.65 Å². The quantitative estimate of drug-likeness (QED) is 0.870. The molecule has 0 radical (unpaired) electrons. The summed E-state index contributed by atoms with van der Waals surface area (Å²) in [5, 5.41) is 16.1. The summed E-state index contributed by atoms with van der Waals surface area (Å²) < 4.78 is 1.54. The average molecular weight is 298 g/mol. The summed E-state index contributed by atoms with van der Waals surface area (Å²) in [7, 11) is 0. The molecule has 6 heteroatoms. The van der Waals surface area contributed by atoms with E-state index in [0.29, 0.717) is 11.7 Å². The van der Waals surface area contributed by atoms with Crippen molar-refractivity contribution in [3.05, 3.63) is 12.1 Å². The molecule has 1 saturated heterocycles. The molecule has 3 aliphatic rings. The zero-order valence-electron chi connectivity index (χ0n) is 12.8. The van der Waals surface area contributed by atoms with Gasteiger partial charge in [-0.15, -0.1) is 14.8 Å². The van der Waals surface area contributed by atoms with Gasteiger partial charge in [0.25, 0.3) is 0 Å². The average Bonchev–Trinajstić information content (AvgIpc) is 3.31. The van der Waals surface area contributed by atoms with Crippen LogP contribution >= 0.6 is 0 Å². The van der Waals surface area contributed by atoms with E-state index in [2.05, 4.69) is 31.6 Å². The molecule has 2 aromatic heterocycles. The number of nitrogens with zero attached hydrogens (tertiary/aromatic N) is 6. The lowest BCUT2D eigenvalue weighted by Crippen LogP contribution is -2.33. The van der Waals surface area contributed by atoms with Gasteiger partial charge in [-0.3, -0.25) is 0 Å². The fourth-order valence-corrected chi connectivity index (χ4v) is 5.19. The van der Waals surface area contributed by atoms with E-state index in [1.165, 1.54) is 44.9 Å². The van der Waals surface area contributed by atoms with Crippen molar-refractivity contribution in [2.45, 2.75) is 51.0 Å². The van der Waals surface area contributed by atoms with Crippen molar-refractivity contribution in [3.63, 3.8) is 0 Å². The maximum atomic E-state index is 4.60. The first-order valence-corrected chi connectivity index (χ1v) is 8.69. The van der Waals surface area contributed by atoms with E-state index in [-0.39, 0.29) is 0 Å². The van der Waals surface area contributed by atoms with Gasteiger partial charge in [-0.25, -0.2) is 0 Å². The highest BCUT2D eigenvalue weighted by atomic mass is 15.6. The van der Waals surface area contributed by atoms with Crippen molar-refractivity contribution in [2.24, 2.45) is 17.8 Å². The van der Waals surface area contributed by atoms with Gasteiger partial charge in [0.15, 0.2) is 11.5 Å². The molecule has 3 heterocycles. The Labute approximate surface area is 129 Å². The third-order valence-corrected chi connectivity index (χ3v) is 6.19. The molecule has 2 saturated carbocycles. The number of hydrogen-bond donors (Lipinski definition) is 0. The number of rotatable bonds is 3. The van der Waals surface area contributed by atoms with E-state index in [4.69, 9.17) is 0 Å². The predicted octanol–water partition coefficient (Wildman–Crippen LogP) is 2.31.